The summed E-state index contributed by atoms with van der Waals surface area (Å²) in [5.41, 5.74) is 3.39. The molecule has 0 radical (unpaired) electrons. The Balaban J connectivity index is 1.48. The normalized spacial score (nSPS) is 11.9. The van der Waals surface area contributed by atoms with Gasteiger partial charge >= 0.3 is 0 Å². The number of ether oxygens (including phenoxy) is 3. The first-order valence-electron chi connectivity index (χ1n) is 9.95. The van der Waals surface area contributed by atoms with Crippen molar-refractivity contribution in [3.05, 3.63) is 78.4 Å². The lowest BCUT2D eigenvalue weighted by Gasteiger charge is -2.21. The number of nitrogens with zero attached hydrogens (tertiary/aromatic N) is 1. The highest BCUT2D eigenvalue weighted by Crippen LogP contribution is 2.28. The van der Waals surface area contributed by atoms with Gasteiger partial charge in [-0.05, 0) is 48.0 Å². The van der Waals surface area contributed by atoms with Crippen molar-refractivity contribution in [3.63, 3.8) is 0 Å². The summed E-state index contributed by atoms with van der Waals surface area (Å²) in [4.78, 5) is 2.05. The van der Waals surface area contributed by atoms with Crippen molar-refractivity contribution in [1.82, 2.24) is 4.90 Å². The van der Waals surface area contributed by atoms with Crippen molar-refractivity contribution >= 4 is 0 Å². The van der Waals surface area contributed by atoms with E-state index in [-0.39, 0.29) is 6.61 Å². The molecule has 1 N–H and O–H groups in total. The lowest BCUT2D eigenvalue weighted by molar-refractivity contribution is 0.0744. The Kier molecular flexibility index (Phi) is 7.71. The third-order valence-electron chi connectivity index (χ3n) is 4.83. The zero-order valence-electron chi connectivity index (χ0n) is 17.7. The van der Waals surface area contributed by atoms with Crippen LogP contribution < -0.4 is 14.2 Å². The van der Waals surface area contributed by atoms with Crippen LogP contribution in [-0.2, 0) is 6.54 Å². The highest BCUT2D eigenvalue weighted by Gasteiger charge is 2.12. The highest BCUT2D eigenvalue weighted by atomic mass is 16.5. The molecule has 30 heavy (non-hydrogen) atoms. The van der Waals surface area contributed by atoms with E-state index in [1.807, 2.05) is 72.6 Å². The van der Waals surface area contributed by atoms with E-state index in [9.17, 15) is 5.11 Å². The summed E-state index contributed by atoms with van der Waals surface area (Å²) in [5.74, 6) is 2.15. The molecule has 158 valence electrons. The lowest BCUT2D eigenvalue weighted by Crippen LogP contribution is -2.32. The fourth-order valence-electron chi connectivity index (χ4n) is 3.33. The number of likely N-dealkylation sites (N-methyl/N-ethyl adjacent to an activating group) is 1. The number of rotatable bonds is 10. The first-order chi connectivity index (χ1) is 14.6. The fraction of sp³-hybridized carbons (Fsp3) is 0.280. The molecule has 3 rings (SSSR count). The van der Waals surface area contributed by atoms with E-state index < -0.39 is 6.10 Å². The number of aliphatic hydroxyl groups excluding tert-OH is 1. The molecule has 5 heteroatoms. The quantitative estimate of drug-likeness (QED) is 0.545. The molecule has 0 fully saturated rings. The summed E-state index contributed by atoms with van der Waals surface area (Å²) >= 11 is 0. The van der Waals surface area contributed by atoms with Gasteiger partial charge in [-0.3, -0.25) is 4.90 Å². The van der Waals surface area contributed by atoms with Gasteiger partial charge < -0.3 is 19.3 Å². The minimum atomic E-state index is -0.594. The molecule has 0 aromatic heterocycles. The predicted molar refractivity (Wildman–Crippen MR) is 119 cm³/mol. The van der Waals surface area contributed by atoms with Crippen LogP contribution in [0.4, 0.5) is 0 Å². The first kappa shape index (κ1) is 21.7. The molecule has 0 unspecified atom stereocenters. The molecule has 0 heterocycles. The van der Waals surface area contributed by atoms with Gasteiger partial charge in [0.25, 0.3) is 0 Å². The molecule has 0 aliphatic carbocycles. The molecule has 3 aromatic carbocycles. The molecule has 3 aromatic rings. The van der Waals surface area contributed by atoms with Crippen LogP contribution >= 0.6 is 0 Å². The number of methoxy groups -OCH3 is 2. The summed E-state index contributed by atoms with van der Waals surface area (Å²) in [6, 6.07) is 24.0. The van der Waals surface area contributed by atoms with Crippen molar-refractivity contribution in [2.24, 2.45) is 0 Å². The van der Waals surface area contributed by atoms with Gasteiger partial charge in [0.2, 0.25) is 0 Å². The second-order valence-electron chi connectivity index (χ2n) is 7.24. The van der Waals surface area contributed by atoms with Crippen LogP contribution in [0.15, 0.2) is 72.8 Å². The molecular weight excluding hydrogens is 378 g/mol. The van der Waals surface area contributed by atoms with Crippen molar-refractivity contribution in [3.8, 4) is 28.4 Å². The molecule has 1 atom stereocenters. The topological polar surface area (TPSA) is 51.2 Å². The Morgan fingerprint density at radius 3 is 2.17 bits per heavy atom. The molecule has 0 bridgehead atoms. The first-order valence-corrected chi connectivity index (χ1v) is 9.95. The van der Waals surface area contributed by atoms with Gasteiger partial charge in [-0.15, -0.1) is 0 Å². The van der Waals surface area contributed by atoms with Gasteiger partial charge in [-0.1, -0.05) is 48.5 Å². The van der Waals surface area contributed by atoms with Crippen LogP contribution in [0.5, 0.6) is 17.2 Å². The van der Waals surface area contributed by atoms with E-state index in [1.54, 1.807) is 14.2 Å². The molecule has 0 saturated carbocycles. The van der Waals surface area contributed by atoms with Gasteiger partial charge in [0.1, 0.15) is 18.5 Å². The van der Waals surface area contributed by atoms with E-state index in [4.69, 9.17) is 14.2 Å². The van der Waals surface area contributed by atoms with Crippen molar-refractivity contribution in [2.75, 3.05) is 34.4 Å². The molecule has 0 spiro atoms. The Morgan fingerprint density at radius 1 is 0.833 bits per heavy atom. The zero-order valence-corrected chi connectivity index (χ0v) is 17.7. The fourth-order valence-corrected chi connectivity index (χ4v) is 3.33. The van der Waals surface area contributed by atoms with Crippen LogP contribution in [0, 0.1) is 0 Å². The third-order valence-corrected chi connectivity index (χ3v) is 4.83. The Labute approximate surface area is 178 Å². The molecule has 0 saturated heterocycles. The van der Waals surface area contributed by atoms with Gasteiger partial charge in [0.15, 0.2) is 11.5 Å². The maximum Gasteiger partial charge on any atom is 0.161 e. The Hall–Kier alpha value is -3.02. The lowest BCUT2D eigenvalue weighted by atomic mass is 10.1. The van der Waals surface area contributed by atoms with Crippen LogP contribution in [0.1, 0.15) is 5.56 Å². The number of benzene rings is 3. The predicted octanol–water partition coefficient (Wildman–Crippen LogP) is 4.24. The smallest absolute Gasteiger partial charge is 0.161 e. The number of hydrogen-bond donors (Lipinski definition) is 1. The number of aliphatic hydroxyl groups is 1. The standard InChI is InChI=1S/C25H29NO4/c1-26(16-19-9-14-24(28-2)25(15-19)29-3)17-22(27)18-30-23-12-10-21(11-13-23)20-7-5-4-6-8-20/h4-15,22,27H,16-18H2,1-3H3/t22-/m0/s1. The highest BCUT2D eigenvalue weighted by molar-refractivity contribution is 5.63. The van der Waals surface area contributed by atoms with Crippen molar-refractivity contribution < 1.29 is 19.3 Å². The molecule has 0 aliphatic rings. The maximum absolute atomic E-state index is 10.4. The van der Waals surface area contributed by atoms with Crippen molar-refractivity contribution in [1.29, 1.82) is 0 Å². The molecule has 0 amide bonds. The van der Waals surface area contributed by atoms with E-state index in [0.717, 1.165) is 16.9 Å². The summed E-state index contributed by atoms with van der Waals surface area (Å²) in [6.45, 7) is 1.42. The SMILES string of the molecule is COc1ccc(CN(C)C[C@H](O)COc2ccc(-c3ccccc3)cc2)cc1OC. The van der Waals surface area contributed by atoms with Gasteiger partial charge in [-0.25, -0.2) is 0 Å². The summed E-state index contributed by atoms with van der Waals surface area (Å²) in [5, 5.41) is 10.4. The number of hydrogen-bond acceptors (Lipinski definition) is 5. The van der Waals surface area contributed by atoms with Crippen molar-refractivity contribution in [2.45, 2.75) is 12.6 Å². The van der Waals surface area contributed by atoms with Crippen LogP contribution in [0.25, 0.3) is 11.1 Å². The maximum atomic E-state index is 10.4. The van der Waals surface area contributed by atoms with E-state index in [1.165, 1.54) is 5.56 Å². The third kappa shape index (κ3) is 5.99. The minimum absolute atomic E-state index is 0.237. The summed E-state index contributed by atoms with van der Waals surface area (Å²) in [6.07, 6.45) is -0.594. The van der Waals surface area contributed by atoms with E-state index in [0.29, 0.717) is 24.6 Å². The molecule has 5 nitrogen and oxygen atoms in total. The summed E-state index contributed by atoms with van der Waals surface area (Å²) < 4.78 is 16.4. The minimum Gasteiger partial charge on any atom is -0.493 e. The average molecular weight is 408 g/mol. The Morgan fingerprint density at radius 2 is 1.50 bits per heavy atom. The van der Waals surface area contributed by atoms with Crippen LogP contribution in [-0.4, -0.2) is 50.5 Å². The second-order valence-corrected chi connectivity index (χ2v) is 7.24. The molecular formula is C25H29NO4. The zero-order chi connectivity index (χ0) is 21.3. The summed E-state index contributed by atoms with van der Waals surface area (Å²) in [7, 11) is 5.21. The molecule has 0 aliphatic heterocycles. The van der Waals surface area contributed by atoms with E-state index in [2.05, 4.69) is 12.1 Å². The second kappa shape index (κ2) is 10.7. The largest absolute Gasteiger partial charge is 0.493 e. The van der Waals surface area contributed by atoms with Crippen LogP contribution in [0.2, 0.25) is 0 Å². The van der Waals surface area contributed by atoms with Gasteiger partial charge in [-0.2, -0.15) is 0 Å². The van der Waals surface area contributed by atoms with E-state index >= 15 is 0 Å². The van der Waals surface area contributed by atoms with Gasteiger partial charge in [0.05, 0.1) is 14.2 Å². The Bertz CT molecular complexity index is 912. The van der Waals surface area contributed by atoms with Crippen LogP contribution in [0.3, 0.4) is 0 Å². The monoisotopic (exact) mass is 407 g/mol. The van der Waals surface area contributed by atoms with Gasteiger partial charge in [0, 0.05) is 13.1 Å². The average Bonchev–Trinajstić information content (AvgIpc) is 2.78.